The second-order valence-electron chi connectivity index (χ2n) is 12.9. The molecule has 1 saturated carbocycles. The molecule has 5 aromatic rings. The maximum absolute atomic E-state index is 14.2. The van der Waals surface area contributed by atoms with Gasteiger partial charge in [0.25, 0.3) is 0 Å². The number of fused-ring (bicyclic) bond motifs is 3. The zero-order valence-electron chi connectivity index (χ0n) is 27.4. The Hall–Kier alpha value is -4.67. The largest absolute Gasteiger partial charge is 0.507 e. The van der Waals surface area contributed by atoms with Crippen molar-refractivity contribution in [2.24, 2.45) is 5.92 Å². The van der Waals surface area contributed by atoms with Gasteiger partial charge in [0.1, 0.15) is 34.7 Å². The summed E-state index contributed by atoms with van der Waals surface area (Å²) in [6.45, 7) is 2.84. The van der Waals surface area contributed by atoms with E-state index < -0.39 is 12.0 Å². The Morgan fingerprint density at radius 2 is 1.82 bits per heavy atom. The van der Waals surface area contributed by atoms with Gasteiger partial charge in [0.05, 0.1) is 32.5 Å². The summed E-state index contributed by atoms with van der Waals surface area (Å²) >= 11 is 0. The molecule has 3 aromatic carbocycles. The van der Waals surface area contributed by atoms with Crippen LogP contribution < -0.4 is 9.47 Å². The second kappa shape index (κ2) is 14.8. The highest BCUT2D eigenvalue weighted by Gasteiger charge is 2.33. The maximum Gasteiger partial charge on any atom is 0.339 e. The highest BCUT2D eigenvalue weighted by atomic mass is 19.1. The lowest BCUT2D eigenvalue weighted by Gasteiger charge is -2.36. The smallest absolute Gasteiger partial charge is 0.339 e. The number of furan rings is 1. The fourth-order valence-electron chi connectivity index (χ4n) is 7.37. The summed E-state index contributed by atoms with van der Waals surface area (Å²) in [4.78, 5) is 19.2. The van der Waals surface area contributed by atoms with Crippen LogP contribution in [0.15, 0.2) is 71.5 Å². The van der Waals surface area contributed by atoms with Crippen molar-refractivity contribution in [3.8, 4) is 17.4 Å². The van der Waals surface area contributed by atoms with E-state index in [4.69, 9.17) is 18.6 Å². The Balaban J connectivity index is 1.26. The van der Waals surface area contributed by atoms with Crippen molar-refractivity contribution in [3.63, 3.8) is 0 Å². The quantitative estimate of drug-likeness (QED) is 0.137. The molecule has 256 valence electrons. The number of carbonyl (C=O) groups is 1. The lowest BCUT2D eigenvalue weighted by atomic mass is 9.87. The number of morpholine rings is 1. The van der Waals surface area contributed by atoms with Gasteiger partial charge < -0.3 is 28.8 Å². The standard InChI is InChI=1S/C39H41FN2O7/c40-32-9-5-4-8-26(32)14-19-48-33-22-27(12-15-41-33)36(42-16-20-46-21-17-42)35-34-31(39(44)45)24-49-38(34)30-23-28(10-11-29(30)37(35)43)47-18-13-25-6-2-1-3-7-25/h4-5,8-12,15,22-25,36,43H,1-3,6-7,13-14,16-21H2,(H,44,45). The summed E-state index contributed by atoms with van der Waals surface area (Å²) in [7, 11) is 0. The fourth-order valence-corrected chi connectivity index (χ4v) is 7.37. The number of aromatic carboxylic acids is 1. The van der Waals surface area contributed by atoms with Crippen molar-refractivity contribution in [1.82, 2.24) is 9.88 Å². The van der Waals surface area contributed by atoms with E-state index in [1.165, 1.54) is 44.4 Å². The van der Waals surface area contributed by atoms with Crippen LogP contribution in [-0.4, -0.2) is 65.6 Å². The number of ether oxygens (including phenoxy) is 3. The zero-order chi connectivity index (χ0) is 33.7. The topological polar surface area (TPSA) is 114 Å². The number of hydrogen-bond donors (Lipinski definition) is 2. The van der Waals surface area contributed by atoms with E-state index >= 15 is 0 Å². The summed E-state index contributed by atoms with van der Waals surface area (Å²) in [5.41, 5.74) is 2.04. The van der Waals surface area contributed by atoms with Crippen LogP contribution in [0, 0.1) is 11.7 Å². The summed E-state index contributed by atoms with van der Waals surface area (Å²) in [6.07, 6.45) is 10.6. The molecule has 3 heterocycles. The average molecular weight is 669 g/mol. The van der Waals surface area contributed by atoms with Crippen molar-refractivity contribution >= 4 is 27.7 Å². The van der Waals surface area contributed by atoms with Crippen molar-refractivity contribution in [2.45, 2.75) is 51.0 Å². The summed E-state index contributed by atoms with van der Waals surface area (Å²) in [5, 5.41) is 23.9. The Kier molecular flexibility index (Phi) is 9.95. The molecule has 1 saturated heterocycles. The number of aromatic hydroxyl groups is 1. The maximum atomic E-state index is 14.2. The van der Waals surface area contributed by atoms with Gasteiger partial charge in [-0.3, -0.25) is 4.90 Å². The van der Waals surface area contributed by atoms with Gasteiger partial charge >= 0.3 is 5.97 Å². The molecule has 2 N–H and O–H groups in total. The van der Waals surface area contributed by atoms with Gasteiger partial charge in [0, 0.05) is 53.5 Å². The normalized spacial score (nSPS) is 16.6. The molecule has 0 amide bonds. The van der Waals surface area contributed by atoms with E-state index in [1.807, 2.05) is 24.3 Å². The van der Waals surface area contributed by atoms with Crippen molar-refractivity contribution in [2.75, 3.05) is 39.5 Å². The molecule has 0 radical (unpaired) electrons. The lowest BCUT2D eigenvalue weighted by Crippen LogP contribution is -2.39. The third-order valence-electron chi connectivity index (χ3n) is 9.89. The molecule has 1 unspecified atom stereocenters. The van der Waals surface area contributed by atoms with Gasteiger partial charge in [0.15, 0.2) is 0 Å². The van der Waals surface area contributed by atoms with Crippen LogP contribution in [0.1, 0.15) is 71.6 Å². The first-order chi connectivity index (χ1) is 24.0. The molecule has 1 atom stereocenters. The molecular formula is C39H41FN2O7. The number of phenols is 1. The Morgan fingerprint density at radius 3 is 2.61 bits per heavy atom. The third-order valence-corrected chi connectivity index (χ3v) is 9.89. The first-order valence-corrected chi connectivity index (χ1v) is 17.2. The number of nitrogens with zero attached hydrogens (tertiary/aromatic N) is 2. The number of carboxylic acids is 1. The molecule has 2 fully saturated rings. The fraction of sp³-hybridized carbons (Fsp3) is 0.385. The molecule has 1 aliphatic carbocycles. The number of pyridine rings is 1. The molecule has 0 spiro atoms. The van der Waals surface area contributed by atoms with Gasteiger partial charge in [0.2, 0.25) is 5.88 Å². The molecule has 10 heteroatoms. The van der Waals surface area contributed by atoms with Gasteiger partial charge in [-0.1, -0.05) is 50.3 Å². The van der Waals surface area contributed by atoms with Crippen LogP contribution in [0.5, 0.6) is 17.4 Å². The van der Waals surface area contributed by atoms with E-state index in [0.717, 1.165) is 12.0 Å². The van der Waals surface area contributed by atoms with Crippen molar-refractivity contribution < 1.29 is 38.0 Å². The second-order valence-corrected chi connectivity index (χ2v) is 12.9. The third kappa shape index (κ3) is 7.07. The van der Waals surface area contributed by atoms with Crippen LogP contribution in [0.4, 0.5) is 4.39 Å². The minimum atomic E-state index is -1.16. The summed E-state index contributed by atoms with van der Waals surface area (Å²) in [6, 6.07) is 15.1. The first kappa shape index (κ1) is 32.9. The van der Waals surface area contributed by atoms with Gasteiger partial charge in [-0.15, -0.1) is 0 Å². The monoisotopic (exact) mass is 668 g/mol. The number of rotatable bonds is 12. The zero-order valence-corrected chi connectivity index (χ0v) is 27.4. The molecular weight excluding hydrogens is 627 g/mol. The van der Waals surface area contributed by atoms with Crippen LogP contribution in [0.3, 0.4) is 0 Å². The minimum Gasteiger partial charge on any atom is -0.507 e. The summed E-state index contributed by atoms with van der Waals surface area (Å²) in [5.74, 6) is 0.175. The highest BCUT2D eigenvalue weighted by Crippen LogP contribution is 2.47. The van der Waals surface area contributed by atoms with Gasteiger partial charge in [-0.2, -0.15) is 0 Å². The predicted octanol–water partition coefficient (Wildman–Crippen LogP) is 7.92. The molecule has 0 bridgehead atoms. The molecule has 9 nitrogen and oxygen atoms in total. The van der Waals surface area contributed by atoms with Crippen molar-refractivity contribution in [3.05, 3.63) is 95.1 Å². The minimum absolute atomic E-state index is 0.0320. The molecule has 2 aromatic heterocycles. The number of carboxylic acid groups (broad SMARTS) is 1. The van der Waals surface area contributed by atoms with Gasteiger partial charge in [-0.25, -0.2) is 14.2 Å². The van der Waals surface area contributed by atoms with E-state index in [0.29, 0.717) is 89.7 Å². The Morgan fingerprint density at radius 1 is 1.00 bits per heavy atom. The molecule has 49 heavy (non-hydrogen) atoms. The highest BCUT2D eigenvalue weighted by molar-refractivity contribution is 6.16. The summed E-state index contributed by atoms with van der Waals surface area (Å²) < 4.78 is 38.1. The SMILES string of the molecule is O=C(O)c1coc2c1c(C(c1ccnc(OCCc3ccccc3F)c1)N1CCOCC1)c(O)c1ccc(OCCC3CCCCC3)cc12. The van der Waals surface area contributed by atoms with E-state index in [-0.39, 0.29) is 23.7 Å². The van der Waals surface area contributed by atoms with Crippen LogP contribution in [0.25, 0.3) is 21.7 Å². The van der Waals surface area contributed by atoms with Crippen LogP contribution in [0.2, 0.25) is 0 Å². The van der Waals surface area contributed by atoms with Crippen molar-refractivity contribution in [1.29, 1.82) is 0 Å². The first-order valence-electron chi connectivity index (χ1n) is 17.2. The van der Waals surface area contributed by atoms with Crippen LogP contribution >= 0.6 is 0 Å². The molecule has 7 rings (SSSR count). The molecule has 1 aliphatic heterocycles. The number of hydrogen-bond acceptors (Lipinski definition) is 8. The van der Waals surface area contributed by atoms with E-state index in [9.17, 15) is 19.4 Å². The van der Waals surface area contributed by atoms with Crippen LogP contribution in [-0.2, 0) is 11.2 Å². The lowest BCUT2D eigenvalue weighted by molar-refractivity contribution is 0.0238. The Bertz CT molecular complexity index is 1930. The average Bonchev–Trinajstić information content (AvgIpc) is 3.58. The molecule has 2 aliphatic rings. The predicted molar refractivity (Wildman–Crippen MR) is 183 cm³/mol. The number of aromatic nitrogens is 1. The van der Waals surface area contributed by atoms with E-state index in [1.54, 1.807) is 30.5 Å². The number of halogens is 1. The number of benzene rings is 3. The Labute approximate surface area is 284 Å². The number of phenolic OH excluding ortho intramolecular Hbond substituents is 1. The van der Waals surface area contributed by atoms with Gasteiger partial charge in [-0.05, 0) is 53.8 Å². The van der Waals surface area contributed by atoms with E-state index in [2.05, 4.69) is 9.88 Å².